The summed E-state index contributed by atoms with van der Waals surface area (Å²) in [6.45, 7) is 3.14. The van der Waals surface area contributed by atoms with Crippen LogP contribution in [0.25, 0.3) is 0 Å². The molecule has 0 fully saturated rings. The van der Waals surface area contributed by atoms with Gasteiger partial charge in [0.25, 0.3) is 0 Å². The van der Waals surface area contributed by atoms with Gasteiger partial charge < -0.3 is 10.2 Å². The van der Waals surface area contributed by atoms with Gasteiger partial charge >= 0.3 is 11.0 Å². The lowest BCUT2D eigenvalue weighted by Gasteiger charge is -1.79. The van der Waals surface area contributed by atoms with Crippen molar-refractivity contribution in [2.24, 2.45) is 0 Å². The molecule has 42 valence electrons. The Labute approximate surface area is 49.2 Å². The summed E-state index contributed by atoms with van der Waals surface area (Å²) in [5.41, 5.74) is 0. The van der Waals surface area contributed by atoms with Crippen molar-refractivity contribution < 1.29 is 10.2 Å². The Morgan fingerprint density at radius 2 is 1.00 bits per heavy atom. The van der Waals surface area contributed by atoms with Gasteiger partial charge in [-0.25, -0.2) is 0 Å². The highest BCUT2D eigenvalue weighted by molar-refractivity contribution is 5.75. The van der Waals surface area contributed by atoms with Gasteiger partial charge in [0.05, 0.1) is 0 Å². The van der Waals surface area contributed by atoms with Gasteiger partial charge in [-0.2, -0.15) is 0 Å². The molecular weight excluding hydrogens is 108 g/mol. The van der Waals surface area contributed by atoms with Gasteiger partial charge in [-0.15, -0.1) is 13.2 Å². The predicted octanol–water partition coefficient (Wildman–Crippen LogP) is -1.65. The molecular formula is C4H10O2Si. The van der Waals surface area contributed by atoms with Crippen LogP contribution >= 0.6 is 0 Å². The number of hydrogen-bond donors (Lipinski definition) is 0. The van der Waals surface area contributed by atoms with E-state index in [0.29, 0.717) is 0 Å². The molecule has 0 N–H and O–H groups in total. The second-order valence-electron chi connectivity index (χ2n) is 0.577. The summed E-state index contributed by atoms with van der Waals surface area (Å²) in [5, 5.41) is 17.9. The molecule has 3 heteroatoms. The molecule has 0 aliphatic rings. The Morgan fingerprint density at radius 1 is 1.00 bits per heavy atom. The fourth-order valence-corrected chi connectivity index (χ4v) is 0. The van der Waals surface area contributed by atoms with Crippen LogP contribution in [-0.4, -0.2) is 24.2 Å². The van der Waals surface area contributed by atoms with E-state index >= 15 is 0 Å². The lowest BCUT2D eigenvalue weighted by molar-refractivity contribution is -0.362. The van der Waals surface area contributed by atoms with Crippen molar-refractivity contribution >= 4 is 11.0 Å². The standard InChI is InChI=1S/2C2H5O.Si/c2*1-2-3;/h2*2H2,1H3;/q2*-1;+2. The molecule has 0 amide bonds. The van der Waals surface area contributed by atoms with Gasteiger partial charge in [-0.05, 0) is 0 Å². The Bertz CT molecular complexity index is 11.7. The minimum Gasteiger partial charge on any atom is -0.855 e. The summed E-state index contributed by atoms with van der Waals surface area (Å²) < 4.78 is 0. The Morgan fingerprint density at radius 3 is 1.00 bits per heavy atom. The van der Waals surface area contributed by atoms with Gasteiger partial charge in [-0.3, -0.25) is 0 Å². The van der Waals surface area contributed by atoms with Gasteiger partial charge in [0.15, 0.2) is 0 Å². The molecule has 0 spiro atoms. The third-order valence-electron chi connectivity index (χ3n) is 0. The number of hydrogen-bond acceptors (Lipinski definition) is 2. The van der Waals surface area contributed by atoms with Crippen LogP contribution in [0.1, 0.15) is 13.8 Å². The highest BCUT2D eigenvalue weighted by Gasteiger charge is 2.00. The number of rotatable bonds is 0. The first-order valence-electron chi connectivity index (χ1n) is 1.99. The van der Waals surface area contributed by atoms with Gasteiger partial charge in [0.1, 0.15) is 0 Å². The maximum absolute atomic E-state index is 8.93. The van der Waals surface area contributed by atoms with Crippen molar-refractivity contribution in [3.05, 3.63) is 0 Å². The third-order valence-corrected chi connectivity index (χ3v) is 0. The van der Waals surface area contributed by atoms with Crippen molar-refractivity contribution in [2.45, 2.75) is 13.8 Å². The minimum atomic E-state index is 0. The average molecular weight is 118 g/mol. The summed E-state index contributed by atoms with van der Waals surface area (Å²) >= 11 is 0. The molecule has 0 saturated carbocycles. The molecule has 0 aromatic rings. The molecule has 0 saturated heterocycles. The monoisotopic (exact) mass is 118 g/mol. The molecule has 0 aromatic heterocycles. The molecule has 0 heterocycles. The van der Waals surface area contributed by atoms with Gasteiger partial charge in [0, 0.05) is 0 Å². The first-order valence-corrected chi connectivity index (χ1v) is 1.99. The smallest absolute Gasteiger partial charge is 0.855 e. The molecule has 2 radical (unpaired) electrons. The van der Waals surface area contributed by atoms with E-state index in [2.05, 4.69) is 0 Å². The molecule has 0 atom stereocenters. The van der Waals surface area contributed by atoms with Gasteiger partial charge in [0.2, 0.25) is 0 Å². The fourth-order valence-electron chi connectivity index (χ4n) is 0. The zero-order chi connectivity index (χ0) is 5.41. The van der Waals surface area contributed by atoms with Crippen molar-refractivity contribution in [3.8, 4) is 0 Å². The maximum Gasteiger partial charge on any atom is 2.00 e. The highest BCUT2D eigenvalue weighted by Crippen LogP contribution is 1.18. The topological polar surface area (TPSA) is 46.1 Å². The molecule has 0 bridgehead atoms. The first kappa shape index (κ1) is 15.7. The second kappa shape index (κ2) is 35.5. The van der Waals surface area contributed by atoms with Crippen LogP contribution in [0.15, 0.2) is 0 Å². The highest BCUT2D eigenvalue weighted by atomic mass is 28.1. The SMILES string of the molecule is CC[O-].CC[O-].[Si+2]. The minimum absolute atomic E-state index is 0. The van der Waals surface area contributed by atoms with Crippen LogP contribution < -0.4 is 10.2 Å². The van der Waals surface area contributed by atoms with Crippen LogP contribution in [0, 0.1) is 0 Å². The molecule has 0 unspecified atom stereocenters. The van der Waals surface area contributed by atoms with E-state index < -0.39 is 0 Å². The zero-order valence-electron chi connectivity index (χ0n) is 4.73. The summed E-state index contributed by atoms with van der Waals surface area (Å²) in [4.78, 5) is 0. The largest absolute Gasteiger partial charge is 2.00 e. The van der Waals surface area contributed by atoms with E-state index in [0.717, 1.165) is 0 Å². The molecule has 0 aliphatic heterocycles. The third kappa shape index (κ3) is 5610. The van der Waals surface area contributed by atoms with E-state index in [4.69, 9.17) is 10.2 Å². The first-order chi connectivity index (χ1) is 2.83. The zero-order valence-corrected chi connectivity index (χ0v) is 5.73. The Balaban J connectivity index is -0.0000000400. The van der Waals surface area contributed by atoms with Crippen LogP contribution in [0.3, 0.4) is 0 Å². The van der Waals surface area contributed by atoms with E-state index in [9.17, 15) is 0 Å². The van der Waals surface area contributed by atoms with Crippen LogP contribution in [0.2, 0.25) is 0 Å². The van der Waals surface area contributed by atoms with Crippen molar-refractivity contribution in [2.75, 3.05) is 13.2 Å². The normalized spacial score (nSPS) is 5.14. The van der Waals surface area contributed by atoms with Crippen molar-refractivity contribution in [3.63, 3.8) is 0 Å². The van der Waals surface area contributed by atoms with Crippen LogP contribution in [-0.2, 0) is 0 Å². The lowest BCUT2D eigenvalue weighted by atomic mass is 10.9. The Hall–Kier alpha value is 0.137. The maximum atomic E-state index is 8.93. The lowest BCUT2D eigenvalue weighted by Crippen LogP contribution is -1.97. The fraction of sp³-hybridized carbons (Fsp3) is 1.00. The molecule has 7 heavy (non-hydrogen) atoms. The Kier molecular flexibility index (Phi) is 79.6. The summed E-state index contributed by atoms with van der Waals surface area (Å²) in [7, 11) is 0. The van der Waals surface area contributed by atoms with Gasteiger partial charge in [-0.1, -0.05) is 13.8 Å². The van der Waals surface area contributed by atoms with Crippen LogP contribution in [0.5, 0.6) is 0 Å². The van der Waals surface area contributed by atoms with Crippen molar-refractivity contribution in [1.82, 2.24) is 0 Å². The predicted molar refractivity (Wildman–Crippen MR) is 26.8 cm³/mol. The molecule has 0 rings (SSSR count). The summed E-state index contributed by atoms with van der Waals surface area (Å²) in [6, 6.07) is 0. The van der Waals surface area contributed by atoms with E-state index in [-0.39, 0.29) is 24.2 Å². The van der Waals surface area contributed by atoms with Crippen LogP contribution in [0.4, 0.5) is 0 Å². The molecule has 0 aromatic carbocycles. The van der Waals surface area contributed by atoms with E-state index in [1.54, 1.807) is 13.8 Å². The summed E-state index contributed by atoms with van der Waals surface area (Å²) in [6.07, 6.45) is 0. The molecule has 0 aliphatic carbocycles. The quantitative estimate of drug-likeness (QED) is 0.358. The molecule has 2 nitrogen and oxygen atoms in total. The second-order valence-corrected chi connectivity index (χ2v) is 0.577. The van der Waals surface area contributed by atoms with E-state index in [1.165, 1.54) is 0 Å². The average Bonchev–Trinajstić information content (AvgIpc) is 1.39. The summed E-state index contributed by atoms with van der Waals surface area (Å²) in [5.74, 6) is 0. The van der Waals surface area contributed by atoms with E-state index in [1.807, 2.05) is 0 Å². The van der Waals surface area contributed by atoms with Crippen molar-refractivity contribution in [1.29, 1.82) is 0 Å².